The number of aryl methyl sites for hydroxylation is 4. The molecule has 20 nitrogen and oxygen atoms in total. The van der Waals surface area contributed by atoms with Crippen LogP contribution in [-0.2, 0) is 0 Å². The Hall–Kier alpha value is -10.8. The molecule has 0 fully saturated rings. The van der Waals surface area contributed by atoms with Crippen LogP contribution >= 0.6 is 0 Å². The fraction of sp³-hybridized carbons (Fsp3) is 0.133. The van der Waals surface area contributed by atoms with E-state index in [4.69, 9.17) is 0 Å². The average Bonchev–Trinajstić information content (AvgIpc) is 3.40. The van der Waals surface area contributed by atoms with Gasteiger partial charge in [0, 0.05) is 68.2 Å². The number of phenolic OH excluding ortho intramolecular Hbond substituents is 12. The van der Waals surface area contributed by atoms with E-state index >= 15 is 0 Å². The van der Waals surface area contributed by atoms with Gasteiger partial charge in [0.2, 0.25) is 23.0 Å². The zero-order chi connectivity index (χ0) is 58.4. The molecule has 8 aromatic rings. The first-order chi connectivity index (χ1) is 37.7. The number of phenols is 12. The van der Waals surface area contributed by atoms with Crippen LogP contribution in [0.15, 0.2) is 97.1 Å². The molecule has 16 N–H and O–H groups in total. The summed E-state index contributed by atoms with van der Waals surface area (Å²) in [6.07, 6.45) is 0. The molecule has 0 aromatic heterocycles. The van der Waals surface area contributed by atoms with E-state index in [2.05, 4.69) is 0 Å². The Bertz CT molecular complexity index is 3400. The minimum atomic E-state index is -1.76. The number of carboxylic acids is 4. The first-order valence-electron chi connectivity index (χ1n) is 24.1. The lowest BCUT2D eigenvalue weighted by molar-refractivity contribution is 0.0685. The topological polar surface area (TPSA) is 392 Å². The van der Waals surface area contributed by atoms with Crippen LogP contribution in [-0.4, -0.2) is 106 Å². The summed E-state index contributed by atoms with van der Waals surface area (Å²) in [4.78, 5) is 49.6. The van der Waals surface area contributed by atoms with Crippen LogP contribution in [0.2, 0.25) is 0 Å². The van der Waals surface area contributed by atoms with Crippen LogP contribution in [0.25, 0.3) is 0 Å². The van der Waals surface area contributed by atoms with Crippen LogP contribution in [0.5, 0.6) is 69.0 Å². The first kappa shape index (κ1) is 54.0. The Kier molecular flexibility index (Phi) is 13.3. The molecule has 8 aromatic carbocycles. The summed E-state index contributed by atoms with van der Waals surface area (Å²) in [6, 6.07) is 19.2. The van der Waals surface area contributed by atoms with E-state index in [0.717, 1.165) is 24.3 Å². The predicted octanol–water partition coefficient (Wildman–Crippen LogP) is 9.21. The Labute approximate surface area is 452 Å². The van der Waals surface area contributed by atoms with Gasteiger partial charge in [-0.3, -0.25) is 0 Å². The van der Waals surface area contributed by atoms with Crippen molar-refractivity contribution in [2.24, 2.45) is 0 Å². The number of aromatic carboxylic acids is 4. The number of rotatable bonds is 8. The molecule has 0 saturated carbocycles. The first-order valence-corrected chi connectivity index (χ1v) is 24.1. The monoisotopic (exact) mass is 1090 g/mol. The standard InChI is InChI=1S/C60H48O20/c1-21-13-25(5-9-29(21)57(73)74)41-33-17-35(47(63)53(69)45(33)61)42(26-6-10-30(58(75)76)22(2)14-26)37-19-39(51(67)55(71)49(37)65)44(28-8-12-32(60(79)80)24(4)16-28)40-20-38(50(66)56(72)52(40)68)43(27-7-11-31(59(77)78)23(3)15-27)36-18-34(41)46(62)54(70)48(36)64/h5-20,41-44,61-72H,1-4H3,(H,73,74)(H,75,76)(H,77,78)(H,79,80). The van der Waals surface area contributed by atoms with Crippen molar-refractivity contribution in [1.29, 1.82) is 0 Å². The minimum Gasteiger partial charge on any atom is -0.504 e. The predicted molar refractivity (Wildman–Crippen MR) is 282 cm³/mol. The third-order valence-corrected chi connectivity index (χ3v) is 15.0. The van der Waals surface area contributed by atoms with Gasteiger partial charge in [-0.15, -0.1) is 0 Å². The number of aromatic hydroxyl groups is 12. The average molecular weight is 1090 g/mol. The van der Waals surface area contributed by atoms with Gasteiger partial charge < -0.3 is 81.7 Å². The summed E-state index contributed by atoms with van der Waals surface area (Å²) >= 11 is 0. The molecule has 80 heavy (non-hydrogen) atoms. The molecule has 0 aliphatic heterocycles. The molecule has 0 radical (unpaired) electrons. The molecule has 20 heteroatoms. The van der Waals surface area contributed by atoms with Gasteiger partial charge >= 0.3 is 23.9 Å². The smallest absolute Gasteiger partial charge is 0.335 e. The molecule has 0 unspecified atom stereocenters. The number of carboxylic acid groups (broad SMARTS) is 4. The van der Waals surface area contributed by atoms with Gasteiger partial charge in [-0.1, -0.05) is 48.5 Å². The van der Waals surface area contributed by atoms with E-state index in [1.807, 2.05) is 0 Å². The molecule has 1 aliphatic carbocycles. The summed E-state index contributed by atoms with van der Waals surface area (Å²) in [5, 5.41) is 186. The van der Waals surface area contributed by atoms with E-state index < -0.39 is 161 Å². The van der Waals surface area contributed by atoms with E-state index in [-0.39, 0.29) is 66.8 Å². The van der Waals surface area contributed by atoms with Crippen LogP contribution in [0.4, 0.5) is 0 Å². The van der Waals surface area contributed by atoms with Crippen molar-refractivity contribution in [2.45, 2.75) is 51.4 Å². The Morgan fingerprint density at radius 3 is 0.525 bits per heavy atom. The van der Waals surface area contributed by atoms with Gasteiger partial charge in [-0.25, -0.2) is 19.2 Å². The maximum absolute atomic E-state index is 12.4. The Morgan fingerprint density at radius 2 is 0.400 bits per heavy atom. The van der Waals surface area contributed by atoms with Gasteiger partial charge in [-0.2, -0.15) is 0 Å². The Morgan fingerprint density at radius 1 is 0.250 bits per heavy atom. The lowest BCUT2D eigenvalue weighted by Gasteiger charge is -2.31. The van der Waals surface area contributed by atoms with Crippen molar-refractivity contribution in [3.63, 3.8) is 0 Å². The number of hydrogen-bond donors (Lipinski definition) is 16. The van der Waals surface area contributed by atoms with Crippen molar-refractivity contribution in [3.05, 3.63) is 208 Å². The molecule has 0 heterocycles. The van der Waals surface area contributed by atoms with Crippen LogP contribution in [0.3, 0.4) is 0 Å². The summed E-state index contributed by atoms with van der Waals surface area (Å²) in [6.45, 7) is 5.63. The number of benzene rings is 8. The molecular formula is C60H48O20. The van der Waals surface area contributed by atoms with Crippen molar-refractivity contribution in [3.8, 4) is 69.0 Å². The molecule has 9 rings (SSSR count). The summed E-state index contributed by atoms with van der Waals surface area (Å²) < 4.78 is 0. The van der Waals surface area contributed by atoms with E-state index in [1.54, 1.807) is 0 Å². The minimum absolute atomic E-state index is 0.0189. The normalized spacial score (nSPS) is 15.8. The third-order valence-electron chi connectivity index (χ3n) is 15.0. The zero-order valence-corrected chi connectivity index (χ0v) is 42.3. The van der Waals surface area contributed by atoms with Gasteiger partial charge in [0.1, 0.15) is 0 Å². The number of hydrogen-bond acceptors (Lipinski definition) is 16. The molecule has 1 aliphatic rings. The highest BCUT2D eigenvalue weighted by Gasteiger charge is 2.40. The lowest BCUT2D eigenvalue weighted by Crippen LogP contribution is -2.14. The van der Waals surface area contributed by atoms with Gasteiger partial charge in [0.15, 0.2) is 46.0 Å². The van der Waals surface area contributed by atoms with E-state index in [9.17, 15) is 101 Å². The highest BCUT2D eigenvalue weighted by atomic mass is 16.4. The molecule has 0 saturated heterocycles. The van der Waals surface area contributed by atoms with E-state index in [1.165, 1.54) is 100 Å². The van der Waals surface area contributed by atoms with Gasteiger partial charge in [0.05, 0.1) is 22.3 Å². The lowest BCUT2D eigenvalue weighted by atomic mass is 9.74. The van der Waals surface area contributed by atoms with Crippen molar-refractivity contribution >= 4 is 23.9 Å². The number of fused-ring (bicyclic) bond motifs is 8. The van der Waals surface area contributed by atoms with E-state index in [0.29, 0.717) is 0 Å². The van der Waals surface area contributed by atoms with Gasteiger partial charge in [-0.05, 0) is 121 Å². The van der Waals surface area contributed by atoms with Crippen LogP contribution in [0, 0.1) is 27.7 Å². The molecule has 408 valence electrons. The fourth-order valence-electron chi connectivity index (χ4n) is 11.1. The van der Waals surface area contributed by atoms with Crippen LogP contribution < -0.4 is 0 Å². The second kappa shape index (κ2) is 19.7. The van der Waals surface area contributed by atoms with Crippen molar-refractivity contribution in [2.75, 3.05) is 0 Å². The molecule has 0 amide bonds. The maximum atomic E-state index is 12.4. The van der Waals surface area contributed by atoms with Crippen molar-refractivity contribution < 1.29 is 101 Å². The van der Waals surface area contributed by atoms with Gasteiger partial charge in [0.25, 0.3) is 0 Å². The summed E-state index contributed by atoms with van der Waals surface area (Å²) in [5.74, 6) is -26.4. The quantitative estimate of drug-likeness (QED) is 0.0630. The fourth-order valence-corrected chi connectivity index (χ4v) is 11.1. The second-order valence-corrected chi connectivity index (χ2v) is 19.7. The number of carbonyl (C=O) groups is 4. The molecular weight excluding hydrogens is 1040 g/mol. The highest BCUT2D eigenvalue weighted by Crippen LogP contribution is 2.60. The van der Waals surface area contributed by atoms with Crippen molar-refractivity contribution in [1.82, 2.24) is 0 Å². The Balaban J connectivity index is 1.56. The maximum Gasteiger partial charge on any atom is 0.335 e. The molecule has 0 atom stereocenters. The second-order valence-electron chi connectivity index (χ2n) is 19.7. The zero-order valence-electron chi connectivity index (χ0n) is 42.3. The highest BCUT2D eigenvalue weighted by molar-refractivity contribution is 5.91. The molecule has 8 bridgehead atoms. The summed E-state index contributed by atoms with van der Waals surface area (Å²) in [7, 11) is 0. The van der Waals surface area contributed by atoms with Crippen LogP contribution in [0.1, 0.15) is 154 Å². The third kappa shape index (κ3) is 8.60. The molecule has 0 spiro atoms. The largest absolute Gasteiger partial charge is 0.504 e. The summed E-state index contributed by atoms with van der Waals surface area (Å²) in [5.41, 5.74) is -4.39. The SMILES string of the molecule is Cc1cc(C2c3cc(c(O)c(O)c3O)C(c3ccc(C(=O)O)c(C)c3)c3cc(c(O)c(O)c3O)C(c3ccc(C(=O)O)c(C)c3)c3cc(c(O)c(O)c3O)C(c3ccc(C(=O)O)c(C)c3)c3cc2c(O)c(O)c3O)ccc1C(=O)O.